The Morgan fingerprint density at radius 1 is 1.15 bits per heavy atom. The van der Waals surface area contributed by atoms with E-state index in [2.05, 4.69) is 10.3 Å². The van der Waals surface area contributed by atoms with Crippen molar-refractivity contribution in [3.05, 3.63) is 47.9 Å². The fourth-order valence-corrected chi connectivity index (χ4v) is 1.73. The highest BCUT2D eigenvalue weighted by atomic mass is 19.1. The Morgan fingerprint density at radius 2 is 1.90 bits per heavy atom. The van der Waals surface area contributed by atoms with Crippen molar-refractivity contribution in [2.75, 3.05) is 19.5 Å². The monoisotopic (exact) mass is 276 g/mol. The number of benzene rings is 1. The molecule has 1 heterocycles. The Hall–Kier alpha value is -2.63. The molecule has 1 aromatic heterocycles. The van der Waals surface area contributed by atoms with Gasteiger partial charge in [-0.05, 0) is 24.3 Å². The number of halogens is 1. The number of nitrogens with zero attached hydrogens (tertiary/aromatic N) is 1. The molecule has 0 aliphatic carbocycles. The first-order valence-electron chi connectivity index (χ1n) is 5.80. The lowest BCUT2D eigenvalue weighted by Crippen LogP contribution is -2.14. The number of nitrogens with one attached hydrogen (secondary N) is 1. The van der Waals surface area contributed by atoms with Gasteiger partial charge in [0.05, 0.1) is 19.8 Å². The summed E-state index contributed by atoms with van der Waals surface area (Å²) in [6.45, 7) is 0. The summed E-state index contributed by atoms with van der Waals surface area (Å²) >= 11 is 0. The summed E-state index contributed by atoms with van der Waals surface area (Å²) in [5.41, 5.74) is 0.276. The van der Waals surface area contributed by atoms with Crippen LogP contribution in [-0.2, 0) is 0 Å². The minimum absolute atomic E-state index is 0.125. The van der Waals surface area contributed by atoms with Gasteiger partial charge in [0.15, 0.2) is 11.5 Å². The quantitative estimate of drug-likeness (QED) is 0.871. The Labute approximate surface area is 115 Å². The molecule has 0 aliphatic heterocycles. The lowest BCUT2D eigenvalue weighted by Gasteiger charge is -2.12. The number of rotatable bonds is 4. The van der Waals surface area contributed by atoms with Crippen molar-refractivity contribution in [3.63, 3.8) is 0 Å². The van der Waals surface area contributed by atoms with E-state index in [1.165, 1.54) is 32.4 Å². The summed E-state index contributed by atoms with van der Waals surface area (Å²) in [7, 11) is 2.92. The van der Waals surface area contributed by atoms with E-state index in [-0.39, 0.29) is 11.4 Å². The second-order valence-corrected chi connectivity index (χ2v) is 3.84. The molecule has 104 valence electrons. The summed E-state index contributed by atoms with van der Waals surface area (Å²) in [6, 6.07) is 9.07. The van der Waals surface area contributed by atoms with Crippen molar-refractivity contribution in [1.82, 2.24) is 4.98 Å². The SMILES string of the molecule is COc1cccc(C(=O)Nc2cccc(F)n2)c1OC. The van der Waals surface area contributed by atoms with E-state index in [0.29, 0.717) is 11.5 Å². The third-order valence-corrected chi connectivity index (χ3v) is 2.60. The van der Waals surface area contributed by atoms with Crippen molar-refractivity contribution in [3.8, 4) is 11.5 Å². The predicted octanol–water partition coefficient (Wildman–Crippen LogP) is 2.49. The smallest absolute Gasteiger partial charge is 0.260 e. The van der Waals surface area contributed by atoms with E-state index in [0.717, 1.165) is 0 Å². The summed E-state index contributed by atoms with van der Waals surface area (Å²) < 4.78 is 23.3. The second kappa shape index (κ2) is 6.01. The number of methoxy groups -OCH3 is 2. The van der Waals surface area contributed by atoms with E-state index < -0.39 is 11.9 Å². The molecule has 1 aromatic carbocycles. The number of carbonyl (C=O) groups is 1. The highest BCUT2D eigenvalue weighted by Gasteiger charge is 2.16. The summed E-state index contributed by atoms with van der Waals surface area (Å²) in [6.07, 6.45) is 0. The second-order valence-electron chi connectivity index (χ2n) is 3.84. The van der Waals surface area contributed by atoms with Gasteiger partial charge in [0.25, 0.3) is 5.91 Å². The summed E-state index contributed by atoms with van der Waals surface area (Å²) in [4.78, 5) is 15.7. The zero-order valence-electron chi connectivity index (χ0n) is 11.0. The zero-order valence-corrected chi connectivity index (χ0v) is 11.0. The van der Waals surface area contributed by atoms with Crippen LogP contribution in [0.3, 0.4) is 0 Å². The van der Waals surface area contributed by atoms with Crippen LogP contribution >= 0.6 is 0 Å². The molecule has 0 spiro atoms. The molecule has 6 heteroatoms. The Morgan fingerprint density at radius 3 is 2.55 bits per heavy atom. The number of para-hydroxylation sites is 1. The lowest BCUT2D eigenvalue weighted by atomic mass is 10.1. The number of hydrogen-bond donors (Lipinski definition) is 1. The maximum Gasteiger partial charge on any atom is 0.260 e. The van der Waals surface area contributed by atoms with Gasteiger partial charge in [-0.2, -0.15) is 4.39 Å². The topological polar surface area (TPSA) is 60.5 Å². The number of carbonyl (C=O) groups excluding carboxylic acids is 1. The van der Waals surface area contributed by atoms with Crippen molar-refractivity contribution < 1.29 is 18.7 Å². The number of hydrogen-bond acceptors (Lipinski definition) is 4. The fraction of sp³-hybridized carbons (Fsp3) is 0.143. The number of anilines is 1. The molecule has 5 nitrogen and oxygen atoms in total. The average Bonchev–Trinajstić information content (AvgIpc) is 2.46. The normalized spacial score (nSPS) is 9.95. The van der Waals surface area contributed by atoms with Crippen LogP contribution in [0.5, 0.6) is 11.5 Å². The Balaban J connectivity index is 2.30. The third-order valence-electron chi connectivity index (χ3n) is 2.60. The van der Waals surface area contributed by atoms with Crippen molar-refractivity contribution in [2.24, 2.45) is 0 Å². The van der Waals surface area contributed by atoms with E-state index >= 15 is 0 Å². The molecule has 0 saturated carbocycles. The Bertz CT molecular complexity index is 632. The first kappa shape index (κ1) is 13.8. The molecule has 0 unspecified atom stereocenters. The van der Waals surface area contributed by atoms with Crippen LogP contribution < -0.4 is 14.8 Å². The molecule has 0 radical (unpaired) electrons. The number of amides is 1. The summed E-state index contributed by atoms with van der Waals surface area (Å²) in [5.74, 6) is -0.254. The minimum Gasteiger partial charge on any atom is -0.493 e. The van der Waals surface area contributed by atoms with Crippen LogP contribution in [-0.4, -0.2) is 25.1 Å². The molecule has 0 aliphatic rings. The highest BCUT2D eigenvalue weighted by molar-refractivity contribution is 6.06. The molecule has 0 atom stereocenters. The minimum atomic E-state index is -0.666. The number of ether oxygens (including phenoxy) is 2. The first-order valence-corrected chi connectivity index (χ1v) is 5.80. The highest BCUT2D eigenvalue weighted by Crippen LogP contribution is 2.30. The van der Waals surface area contributed by atoms with Gasteiger partial charge in [-0.25, -0.2) is 4.98 Å². The molecule has 1 N–H and O–H groups in total. The zero-order chi connectivity index (χ0) is 14.5. The van der Waals surface area contributed by atoms with Crippen LogP contribution in [0.2, 0.25) is 0 Å². The van der Waals surface area contributed by atoms with Gasteiger partial charge in [-0.15, -0.1) is 0 Å². The fourth-order valence-electron chi connectivity index (χ4n) is 1.73. The number of aromatic nitrogens is 1. The molecule has 20 heavy (non-hydrogen) atoms. The van der Waals surface area contributed by atoms with Gasteiger partial charge in [0, 0.05) is 0 Å². The van der Waals surface area contributed by atoms with Crippen LogP contribution in [0.25, 0.3) is 0 Å². The predicted molar refractivity (Wildman–Crippen MR) is 71.7 cm³/mol. The van der Waals surface area contributed by atoms with Gasteiger partial charge < -0.3 is 14.8 Å². The Kier molecular flexibility index (Phi) is 4.14. The number of pyridine rings is 1. The van der Waals surface area contributed by atoms with E-state index in [4.69, 9.17) is 9.47 Å². The van der Waals surface area contributed by atoms with Crippen LogP contribution in [0, 0.1) is 5.95 Å². The molecule has 2 aromatic rings. The van der Waals surface area contributed by atoms with Crippen LogP contribution in [0.4, 0.5) is 10.2 Å². The van der Waals surface area contributed by atoms with Gasteiger partial charge in [0.1, 0.15) is 5.82 Å². The van der Waals surface area contributed by atoms with Gasteiger partial charge in [-0.3, -0.25) is 4.79 Å². The van der Waals surface area contributed by atoms with Crippen molar-refractivity contribution in [1.29, 1.82) is 0 Å². The molecule has 1 amide bonds. The lowest BCUT2D eigenvalue weighted by molar-refractivity contribution is 0.102. The average molecular weight is 276 g/mol. The van der Waals surface area contributed by atoms with Crippen molar-refractivity contribution >= 4 is 11.7 Å². The molecule has 0 fully saturated rings. The van der Waals surface area contributed by atoms with Crippen LogP contribution in [0.15, 0.2) is 36.4 Å². The first-order chi connectivity index (χ1) is 9.65. The molecule has 2 rings (SSSR count). The van der Waals surface area contributed by atoms with Crippen molar-refractivity contribution in [2.45, 2.75) is 0 Å². The van der Waals surface area contributed by atoms with Crippen LogP contribution in [0.1, 0.15) is 10.4 Å². The van der Waals surface area contributed by atoms with Gasteiger partial charge >= 0.3 is 0 Å². The molecule has 0 saturated heterocycles. The van der Waals surface area contributed by atoms with E-state index in [9.17, 15) is 9.18 Å². The molecular weight excluding hydrogens is 263 g/mol. The van der Waals surface area contributed by atoms with Gasteiger partial charge in [-0.1, -0.05) is 12.1 Å². The maximum atomic E-state index is 13.0. The van der Waals surface area contributed by atoms with Gasteiger partial charge in [0.2, 0.25) is 5.95 Å². The van der Waals surface area contributed by atoms with E-state index in [1.54, 1.807) is 18.2 Å². The standard InChI is InChI=1S/C14H13FN2O3/c1-19-10-6-3-5-9(13(10)20-2)14(18)17-12-8-4-7-11(15)16-12/h3-8H,1-2H3,(H,16,17,18). The largest absolute Gasteiger partial charge is 0.493 e. The maximum absolute atomic E-state index is 13.0. The molecule has 0 bridgehead atoms. The third kappa shape index (κ3) is 2.85. The van der Waals surface area contributed by atoms with E-state index in [1.807, 2.05) is 0 Å². The molecular formula is C14H13FN2O3. The summed E-state index contributed by atoms with van der Waals surface area (Å²) in [5, 5.41) is 2.50.